The molecule has 1 N–H and O–H groups in total. The second kappa shape index (κ2) is 9.12. The molecule has 0 unspecified atom stereocenters. The van der Waals surface area contributed by atoms with E-state index in [0.29, 0.717) is 11.3 Å². The SMILES string of the molecule is Cc1cccc(OCC(=O)N/N=C\C=C\c2cccc([N+](=O)[O-])c2)c1C. The Hall–Kier alpha value is -3.48. The molecule has 0 aliphatic heterocycles. The van der Waals surface area contributed by atoms with Crippen LogP contribution in [0.4, 0.5) is 5.69 Å². The van der Waals surface area contributed by atoms with Crippen molar-refractivity contribution in [1.82, 2.24) is 5.43 Å². The molecule has 7 heteroatoms. The van der Waals surface area contributed by atoms with E-state index in [-0.39, 0.29) is 18.2 Å². The number of benzene rings is 2. The largest absolute Gasteiger partial charge is 0.483 e. The molecular formula is C19H19N3O4. The molecule has 0 saturated heterocycles. The number of rotatable bonds is 7. The van der Waals surface area contributed by atoms with Crippen molar-refractivity contribution in [3.63, 3.8) is 0 Å². The standard InChI is InChI=1S/C19H19N3O4/c1-14-6-3-10-18(15(14)2)26-13-19(23)21-20-11-5-8-16-7-4-9-17(12-16)22(24)25/h3-12H,13H2,1-2H3,(H,21,23)/b8-5+,20-11-. The number of carbonyl (C=O) groups excluding carboxylic acids is 1. The van der Waals surface area contributed by atoms with Gasteiger partial charge in [-0.1, -0.05) is 30.3 Å². The first-order valence-corrected chi connectivity index (χ1v) is 7.89. The van der Waals surface area contributed by atoms with Crippen molar-refractivity contribution in [2.75, 3.05) is 6.61 Å². The predicted molar refractivity (Wildman–Crippen MR) is 100 cm³/mol. The van der Waals surface area contributed by atoms with Crippen LogP contribution in [0.1, 0.15) is 16.7 Å². The van der Waals surface area contributed by atoms with E-state index in [2.05, 4.69) is 10.5 Å². The summed E-state index contributed by atoms with van der Waals surface area (Å²) in [6.45, 7) is 3.76. The number of nitrogens with one attached hydrogen (secondary N) is 1. The second-order valence-electron chi connectivity index (χ2n) is 5.51. The molecule has 0 heterocycles. The van der Waals surface area contributed by atoms with Crippen LogP contribution in [0.15, 0.2) is 53.6 Å². The number of allylic oxidation sites excluding steroid dienone is 1. The zero-order valence-corrected chi connectivity index (χ0v) is 14.5. The fourth-order valence-electron chi connectivity index (χ4n) is 2.10. The Kier molecular flexibility index (Phi) is 6.61. The number of hydrogen-bond acceptors (Lipinski definition) is 5. The quantitative estimate of drug-likeness (QED) is 0.469. The molecule has 0 spiro atoms. The number of non-ortho nitro benzene ring substituents is 1. The number of ether oxygens (including phenoxy) is 1. The third kappa shape index (κ3) is 5.55. The maximum Gasteiger partial charge on any atom is 0.277 e. The highest BCUT2D eigenvalue weighted by Crippen LogP contribution is 2.20. The van der Waals surface area contributed by atoms with Crippen LogP contribution in [-0.4, -0.2) is 23.7 Å². The lowest BCUT2D eigenvalue weighted by molar-refractivity contribution is -0.384. The number of nitro benzene ring substituents is 1. The predicted octanol–water partition coefficient (Wildman–Crippen LogP) is 3.41. The number of hydrazone groups is 1. The minimum Gasteiger partial charge on any atom is -0.483 e. The van der Waals surface area contributed by atoms with Crippen molar-refractivity contribution in [1.29, 1.82) is 0 Å². The van der Waals surface area contributed by atoms with Crippen molar-refractivity contribution in [2.45, 2.75) is 13.8 Å². The summed E-state index contributed by atoms with van der Waals surface area (Å²) in [5.74, 6) is 0.278. The molecule has 1 amide bonds. The van der Waals surface area contributed by atoms with Gasteiger partial charge in [0.1, 0.15) is 5.75 Å². The Balaban J connectivity index is 1.81. The van der Waals surface area contributed by atoms with Gasteiger partial charge >= 0.3 is 0 Å². The van der Waals surface area contributed by atoms with Crippen LogP contribution in [0.25, 0.3) is 6.08 Å². The fraction of sp³-hybridized carbons (Fsp3) is 0.158. The Morgan fingerprint density at radius 3 is 2.81 bits per heavy atom. The van der Waals surface area contributed by atoms with E-state index in [0.717, 1.165) is 11.1 Å². The van der Waals surface area contributed by atoms with Gasteiger partial charge in [-0.25, -0.2) is 5.43 Å². The minimum absolute atomic E-state index is 0.0148. The van der Waals surface area contributed by atoms with Crippen molar-refractivity contribution in [3.8, 4) is 5.75 Å². The number of hydrogen-bond donors (Lipinski definition) is 1. The van der Waals surface area contributed by atoms with Gasteiger partial charge < -0.3 is 4.74 Å². The van der Waals surface area contributed by atoms with Crippen molar-refractivity contribution < 1.29 is 14.5 Å². The Labute approximate surface area is 151 Å². The highest BCUT2D eigenvalue weighted by Gasteiger charge is 2.05. The molecule has 26 heavy (non-hydrogen) atoms. The summed E-state index contributed by atoms with van der Waals surface area (Å²) < 4.78 is 5.47. The van der Waals surface area contributed by atoms with Crippen LogP contribution in [0.5, 0.6) is 5.75 Å². The summed E-state index contributed by atoms with van der Waals surface area (Å²) in [5.41, 5.74) is 5.11. The number of nitro groups is 1. The molecule has 134 valence electrons. The summed E-state index contributed by atoms with van der Waals surface area (Å²) in [6.07, 6.45) is 4.61. The van der Waals surface area contributed by atoms with Crippen molar-refractivity contribution >= 4 is 23.9 Å². The van der Waals surface area contributed by atoms with Crippen LogP contribution < -0.4 is 10.2 Å². The molecule has 0 aromatic heterocycles. The lowest BCUT2D eigenvalue weighted by Crippen LogP contribution is -2.24. The van der Waals surface area contributed by atoms with Crippen LogP contribution in [0.3, 0.4) is 0 Å². The van der Waals surface area contributed by atoms with Crippen molar-refractivity contribution in [2.24, 2.45) is 5.10 Å². The first-order chi connectivity index (χ1) is 12.5. The number of carbonyl (C=O) groups is 1. The Morgan fingerprint density at radius 1 is 1.27 bits per heavy atom. The average molecular weight is 353 g/mol. The van der Waals surface area contributed by atoms with Crippen molar-refractivity contribution in [3.05, 3.63) is 75.3 Å². The lowest BCUT2D eigenvalue weighted by Gasteiger charge is -2.09. The van der Waals surface area contributed by atoms with Crippen LogP contribution in [0, 0.1) is 24.0 Å². The number of amides is 1. The second-order valence-corrected chi connectivity index (χ2v) is 5.51. The fourth-order valence-corrected chi connectivity index (χ4v) is 2.10. The summed E-state index contributed by atoms with van der Waals surface area (Å²) in [5, 5.41) is 14.5. The molecular weight excluding hydrogens is 334 g/mol. The molecule has 0 aliphatic carbocycles. The molecule has 0 aliphatic rings. The van der Waals surface area contributed by atoms with E-state index in [1.54, 1.807) is 30.4 Å². The van der Waals surface area contributed by atoms with Gasteiger partial charge in [0.15, 0.2) is 6.61 Å². The minimum atomic E-state index is -0.457. The molecule has 2 aromatic rings. The van der Waals surface area contributed by atoms with Gasteiger partial charge in [0, 0.05) is 18.3 Å². The molecule has 2 aromatic carbocycles. The van der Waals surface area contributed by atoms with E-state index in [4.69, 9.17) is 4.74 Å². The first-order valence-electron chi connectivity index (χ1n) is 7.89. The van der Waals surface area contributed by atoms with Gasteiger partial charge in [-0.05, 0) is 42.7 Å². The van der Waals surface area contributed by atoms with Crippen LogP contribution >= 0.6 is 0 Å². The maximum absolute atomic E-state index is 11.7. The van der Waals surface area contributed by atoms with Gasteiger partial charge in [0.05, 0.1) is 4.92 Å². The highest BCUT2D eigenvalue weighted by molar-refractivity contribution is 5.82. The smallest absolute Gasteiger partial charge is 0.277 e. The average Bonchev–Trinajstić information content (AvgIpc) is 2.63. The lowest BCUT2D eigenvalue weighted by atomic mass is 10.1. The summed E-state index contributed by atoms with van der Waals surface area (Å²) in [4.78, 5) is 22.0. The molecule has 0 fully saturated rings. The van der Waals surface area contributed by atoms with E-state index in [1.807, 2.05) is 26.0 Å². The van der Waals surface area contributed by atoms with E-state index in [9.17, 15) is 14.9 Å². The Morgan fingerprint density at radius 2 is 2.04 bits per heavy atom. The van der Waals surface area contributed by atoms with Gasteiger partial charge in [-0.3, -0.25) is 14.9 Å². The zero-order valence-electron chi connectivity index (χ0n) is 14.5. The number of nitrogens with zero attached hydrogens (tertiary/aromatic N) is 2. The molecule has 0 bridgehead atoms. The number of aryl methyl sites for hydroxylation is 1. The normalized spacial score (nSPS) is 11.0. The third-order valence-electron chi connectivity index (χ3n) is 3.63. The van der Waals surface area contributed by atoms with Gasteiger partial charge in [-0.15, -0.1) is 0 Å². The monoisotopic (exact) mass is 353 g/mol. The maximum atomic E-state index is 11.7. The molecule has 2 rings (SSSR count). The zero-order chi connectivity index (χ0) is 18.9. The molecule has 0 radical (unpaired) electrons. The third-order valence-corrected chi connectivity index (χ3v) is 3.63. The van der Waals surface area contributed by atoms with E-state index >= 15 is 0 Å². The molecule has 0 atom stereocenters. The summed E-state index contributed by atoms with van der Waals surface area (Å²) >= 11 is 0. The van der Waals surface area contributed by atoms with Crippen LogP contribution in [-0.2, 0) is 4.79 Å². The first kappa shape index (κ1) is 18.9. The highest BCUT2D eigenvalue weighted by atomic mass is 16.6. The Bertz CT molecular complexity index is 860. The topological polar surface area (TPSA) is 93.8 Å². The summed E-state index contributed by atoms with van der Waals surface area (Å²) in [7, 11) is 0. The van der Waals surface area contributed by atoms with Gasteiger partial charge in [0.2, 0.25) is 0 Å². The summed E-state index contributed by atoms with van der Waals surface area (Å²) in [6, 6.07) is 11.8. The van der Waals surface area contributed by atoms with E-state index < -0.39 is 4.92 Å². The van der Waals surface area contributed by atoms with Gasteiger partial charge in [-0.2, -0.15) is 5.10 Å². The van der Waals surface area contributed by atoms with Gasteiger partial charge in [0.25, 0.3) is 11.6 Å². The molecule has 7 nitrogen and oxygen atoms in total. The van der Waals surface area contributed by atoms with Crippen LogP contribution in [0.2, 0.25) is 0 Å². The molecule has 0 saturated carbocycles. The van der Waals surface area contributed by atoms with E-state index in [1.165, 1.54) is 18.3 Å².